The van der Waals surface area contributed by atoms with E-state index in [2.05, 4.69) is 5.10 Å². The van der Waals surface area contributed by atoms with E-state index < -0.39 is 11.8 Å². The van der Waals surface area contributed by atoms with Crippen LogP contribution in [-0.2, 0) is 11.2 Å². The van der Waals surface area contributed by atoms with Crippen LogP contribution < -0.4 is 10.7 Å². The van der Waals surface area contributed by atoms with Crippen molar-refractivity contribution in [1.82, 2.24) is 9.78 Å². The van der Waals surface area contributed by atoms with E-state index >= 15 is 0 Å². The average Bonchev–Trinajstić information content (AvgIpc) is 3.29. The summed E-state index contributed by atoms with van der Waals surface area (Å²) in [6, 6.07) is 10.8. The summed E-state index contributed by atoms with van der Waals surface area (Å²) in [5, 5.41) is 6.11. The van der Waals surface area contributed by atoms with E-state index in [4.69, 9.17) is 4.42 Å². The lowest BCUT2D eigenvalue weighted by Gasteiger charge is -2.31. The molecule has 0 saturated heterocycles. The first-order valence-electron chi connectivity index (χ1n) is 8.18. The van der Waals surface area contributed by atoms with Gasteiger partial charge in [-0.05, 0) is 42.8 Å². The van der Waals surface area contributed by atoms with E-state index in [1.807, 2.05) is 41.8 Å². The molecule has 7 heteroatoms. The van der Waals surface area contributed by atoms with E-state index in [0.717, 1.165) is 33.7 Å². The molecule has 0 bridgehead atoms. The molecule has 0 aliphatic carbocycles. The Bertz CT molecular complexity index is 958. The summed E-state index contributed by atoms with van der Waals surface area (Å²) in [4.78, 5) is 27.7. The number of anilines is 1. The molecule has 1 aliphatic rings. The number of rotatable bonds is 3. The summed E-state index contributed by atoms with van der Waals surface area (Å²) in [5.41, 5.74) is 2.07. The van der Waals surface area contributed by atoms with Gasteiger partial charge in [-0.3, -0.25) is 4.79 Å². The van der Waals surface area contributed by atoms with Crippen molar-refractivity contribution >= 4 is 22.9 Å². The smallest absolute Gasteiger partial charge is 0.387 e. The summed E-state index contributed by atoms with van der Waals surface area (Å²) in [5.74, 6) is -0.520. The number of nitrogens with zero attached hydrogens (tertiary/aromatic N) is 3. The Kier molecular flexibility index (Phi) is 4.01. The lowest BCUT2D eigenvalue weighted by molar-refractivity contribution is -0.121. The lowest BCUT2D eigenvalue weighted by atomic mass is 10.0. The van der Waals surface area contributed by atoms with Gasteiger partial charge in [0.05, 0.1) is 4.88 Å². The number of carbonyl (C=O) groups excluding carboxylic acids is 1. The first kappa shape index (κ1) is 15.8. The molecule has 1 aliphatic heterocycles. The molecule has 0 N–H and O–H groups in total. The van der Waals surface area contributed by atoms with Gasteiger partial charge in [-0.1, -0.05) is 24.3 Å². The van der Waals surface area contributed by atoms with Crippen LogP contribution >= 0.6 is 11.3 Å². The third kappa shape index (κ3) is 2.80. The molecule has 1 amide bonds. The van der Waals surface area contributed by atoms with Crippen LogP contribution in [0.2, 0.25) is 0 Å². The van der Waals surface area contributed by atoms with Crippen molar-refractivity contribution in [3.63, 3.8) is 0 Å². The Morgan fingerprint density at radius 3 is 2.92 bits per heavy atom. The second kappa shape index (κ2) is 6.33. The third-order valence-electron chi connectivity index (χ3n) is 4.40. The van der Waals surface area contributed by atoms with Gasteiger partial charge < -0.3 is 9.32 Å². The van der Waals surface area contributed by atoms with Crippen LogP contribution in [0.15, 0.2) is 51.0 Å². The Balaban J connectivity index is 1.65. The number of aromatic nitrogens is 2. The largest absolute Gasteiger partial charge is 0.438 e. The van der Waals surface area contributed by atoms with Gasteiger partial charge in [-0.2, -0.15) is 4.68 Å². The number of hydrogen-bond acceptors (Lipinski definition) is 5. The molecule has 128 valence electrons. The van der Waals surface area contributed by atoms with Crippen LogP contribution in [0.1, 0.15) is 24.9 Å². The van der Waals surface area contributed by atoms with Crippen molar-refractivity contribution in [3.8, 4) is 10.8 Å². The van der Waals surface area contributed by atoms with Crippen molar-refractivity contribution < 1.29 is 9.21 Å². The van der Waals surface area contributed by atoms with Crippen LogP contribution in [0.25, 0.3) is 10.8 Å². The Hall–Kier alpha value is -2.67. The Morgan fingerprint density at radius 1 is 1.28 bits per heavy atom. The first-order valence-corrected chi connectivity index (χ1v) is 9.06. The fraction of sp³-hybridized carbons (Fsp3) is 0.278. The van der Waals surface area contributed by atoms with Gasteiger partial charge in [0.15, 0.2) is 0 Å². The van der Waals surface area contributed by atoms with Gasteiger partial charge in [-0.25, -0.2) is 4.79 Å². The summed E-state index contributed by atoms with van der Waals surface area (Å²) < 4.78 is 6.36. The minimum absolute atomic E-state index is 0.153. The fourth-order valence-corrected chi connectivity index (χ4v) is 3.77. The predicted octanol–water partition coefficient (Wildman–Crippen LogP) is 3.11. The monoisotopic (exact) mass is 355 g/mol. The van der Waals surface area contributed by atoms with E-state index in [-0.39, 0.29) is 11.8 Å². The second-order valence-electron chi connectivity index (χ2n) is 5.99. The molecule has 1 aromatic carbocycles. The summed E-state index contributed by atoms with van der Waals surface area (Å²) in [7, 11) is 0. The number of fused-ring (bicyclic) bond motifs is 1. The molecule has 3 aromatic rings. The molecule has 1 unspecified atom stereocenters. The van der Waals surface area contributed by atoms with Crippen LogP contribution in [0.4, 0.5) is 5.69 Å². The van der Waals surface area contributed by atoms with Crippen LogP contribution in [-0.4, -0.2) is 22.2 Å². The maximum Gasteiger partial charge on any atom is 0.438 e. The molecule has 0 saturated carbocycles. The van der Waals surface area contributed by atoms with Gasteiger partial charge in [-0.15, -0.1) is 16.4 Å². The highest BCUT2D eigenvalue weighted by Crippen LogP contribution is 2.29. The molecular weight excluding hydrogens is 338 g/mol. The van der Waals surface area contributed by atoms with Gasteiger partial charge in [0.1, 0.15) is 6.04 Å². The Morgan fingerprint density at radius 2 is 2.12 bits per heavy atom. The second-order valence-corrected chi connectivity index (χ2v) is 6.94. The minimum Gasteiger partial charge on any atom is -0.387 e. The van der Waals surface area contributed by atoms with E-state index in [0.29, 0.717) is 6.54 Å². The number of para-hydroxylation sites is 1. The standard InChI is InChI=1S/C18H17N3O3S/c1-12(21-18(23)24-16(19-21)15-9-5-11-25-15)17(22)20-10-4-7-13-6-2-3-8-14(13)20/h2-3,5-6,8-9,11-12H,4,7,10H2,1H3. The molecule has 0 spiro atoms. The normalized spacial score (nSPS) is 15.0. The molecule has 4 rings (SSSR count). The van der Waals surface area contributed by atoms with Crippen molar-refractivity contribution in [3.05, 3.63) is 57.9 Å². The van der Waals surface area contributed by atoms with Gasteiger partial charge in [0.25, 0.3) is 11.8 Å². The number of benzene rings is 1. The zero-order valence-electron chi connectivity index (χ0n) is 13.7. The number of carbonyl (C=O) groups is 1. The predicted molar refractivity (Wildman–Crippen MR) is 95.9 cm³/mol. The zero-order valence-corrected chi connectivity index (χ0v) is 14.5. The van der Waals surface area contributed by atoms with E-state index in [9.17, 15) is 9.59 Å². The quantitative estimate of drug-likeness (QED) is 0.724. The number of hydrogen-bond donors (Lipinski definition) is 0. The lowest BCUT2D eigenvalue weighted by Crippen LogP contribution is -2.41. The molecular formula is C18H17N3O3S. The van der Waals surface area contributed by atoms with Gasteiger partial charge in [0.2, 0.25) is 0 Å². The van der Waals surface area contributed by atoms with Crippen LogP contribution in [0.5, 0.6) is 0 Å². The highest BCUT2D eigenvalue weighted by molar-refractivity contribution is 7.13. The van der Waals surface area contributed by atoms with Crippen LogP contribution in [0, 0.1) is 0 Å². The van der Waals surface area contributed by atoms with Crippen molar-refractivity contribution in [2.75, 3.05) is 11.4 Å². The highest BCUT2D eigenvalue weighted by Gasteiger charge is 2.29. The zero-order chi connectivity index (χ0) is 17.4. The third-order valence-corrected chi connectivity index (χ3v) is 5.26. The van der Waals surface area contributed by atoms with Crippen molar-refractivity contribution in [1.29, 1.82) is 0 Å². The molecule has 3 heterocycles. The van der Waals surface area contributed by atoms with Crippen LogP contribution in [0.3, 0.4) is 0 Å². The summed E-state index contributed by atoms with van der Waals surface area (Å²) >= 11 is 1.43. The van der Waals surface area contributed by atoms with Crippen molar-refractivity contribution in [2.24, 2.45) is 0 Å². The van der Waals surface area contributed by atoms with Gasteiger partial charge in [0, 0.05) is 12.2 Å². The van der Waals surface area contributed by atoms with Crippen molar-refractivity contribution in [2.45, 2.75) is 25.8 Å². The average molecular weight is 355 g/mol. The highest BCUT2D eigenvalue weighted by atomic mass is 32.1. The maximum absolute atomic E-state index is 13.0. The van der Waals surface area contributed by atoms with E-state index in [1.54, 1.807) is 11.8 Å². The molecule has 25 heavy (non-hydrogen) atoms. The molecule has 0 fully saturated rings. The van der Waals surface area contributed by atoms with E-state index in [1.165, 1.54) is 11.3 Å². The molecule has 1 atom stereocenters. The summed E-state index contributed by atoms with van der Waals surface area (Å²) in [6.07, 6.45) is 1.87. The van der Waals surface area contributed by atoms with Gasteiger partial charge >= 0.3 is 5.76 Å². The number of thiophene rings is 1. The Labute approximate surface area is 148 Å². The number of aryl methyl sites for hydroxylation is 1. The maximum atomic E-state index is 13.0. The molecule has 6 nitrogen and oxygen atoms in total. The first-order chi connectivity index (χ1) is 12.1. The number of amides is 1. The molecule has 2 aromatic heterocycles. The topological polar surface area (TPSA) is 68.3 Å². The fourth-order valence-electron chi connectivity index (χ4n) is 3.13. The SMILES string of the molecule is CC(C(=O)N1CCCc2ccccc21)n1nc(-c2cccs2)oc1=O. The summed E-state index contributed by atoms with van der Waals surface area (Å²) in [6.45, 7) is 2.33. The minimum atomic E-state index is -0.726. The molecule has 0 radical (unpaired) electrons.